The molecule has 2 amide bonds. The maximum Gasteiger partial charge on any atom is 0.254 e. The van der Waals surface area contributed by atoms with E-state index in [1.54, 1.807) is 0 Å². The van der Waals surface area contributed by atoms with Gasteiger partial charge in [0.2, 0.25) is 15.9 Å². The number of hydrogen-bond acceptors (Lipinski definition) is 5. The second kappa shape index (κ2) is 9.19. The highest BCUT2D eigenvalue weighted by Crippen LogP contribution is 2.42. The van der Waals surface area contributed by atoms with Crippen molar-refractivity contribution in [3.8, 4) is 0 Å². The predicted octanol–water partition coefficient (Wildman–Crippen LogP) is 3.06. The molecule has 1 atom stereocenters. The smallest absolute Gasteiger partial charge is 0.254 e. The summed E-state index contributed by atoms with van der Waals surface area (Å²) in [7, 11) is -3.29. The van der Waals surface area contributed by atoms with E-state index in [4.69, 9.17) is 0 Å². The van der Waals surface area contributed by atoms with Crippen LogP contribution in [-0.2, 0) is 27.7 Å². The van der Waals surface area contributed by atoms with E-state index in [1.165, 1.54) is 11.3 Å². The van der Waals surface area contributed by atoms with Crippen LogP contribution < -0.4 is 15.4 Å². The van der Waals surface area contributed by atoms with Crippen LogP contribution in [0.5, 0.6) is 0 Å². The molecule has 0 spiro atoms. The summed E-state index contributed by atoms with van der Waals surface area (Å²) in [5.74, 6) is 0.876. The Kier molecular flexibility index (Phi) is 6.74. The number of hydrogen-bond donors (Lipinski definition) is 3. The highest BCUT2D eigenvalue weighted by Gasteiger charge is 2.34. The molecule has 3 aliphatic rings. The monoisotopic (exact) mass is 467 g/mol. The fraction of sp³-hybridized carbons (Fsp3) is 0.727. The molecule has 2 fully saturated rings. The molecule has 4 rings (SSSR count). The van der Waals surface area contributed by atoms with E-state index < -0.39 is 10.0 Å². The predicted molar refractivity (Wildman–Crippen MR) is 123 cm³/mol. The van der Waals surface area contributed by atoms with Gasteiger partial charge >= 0.3 is 0 Å². The van der Waals surface area contributed by atoms with Gasteiger partial charge in [0.25, 0.3) is 5.91 Å². The van der Waals surface area contributed by atoms with Gasteiger partial charge in [-0.2, -0.15) is 0 Å². The SMILES string of the molecule is CC(C)NS(=O)(=O)CCC1CCc2sc(NC(=O)C3CC3)c(C(=O)NCC3CC3)c2C1. The average molecular weight is 468 g/mol. The minimum absolute atomic E-state index is 0.0113. The summed E-state index contributed by atoms with van der Waals surface area (Å²) in [4.78, 5) is 26.6. The first kappa shape index (κ1) is 22.7. The van der Waals surface area contributed by atoms with Gasteiger partial charge in [-0.3, -0.25) is 9.59 Å². The number of nitrogens with one attached hydrogen (secondary N) is 3. The Morgan fingerprint density at radius 1 is 1.10 bits per heavy atom. The van der Waals surface area contributed by atoms with Crippen LogP contribution >= 0.6 is 11.3 Å². The first-order valence-electron chi connectivity index (χ1n) is 11.5. The zero-order chi connectivity index (χ0) is 22.2. The summed E-state index contributed by atoms with van der Waals surface area (Å²) in [5, 5.41) is 6.75. The third-order valence-electron chi connectivity index (χ3n) is 6.23. The van der Waals surface area contributed by atoms with Gasteiger partial charge in [-0.1, -0.05) is 0 Å². The lowest BCUT2D eigenvalue weighted by Crippen LogP contribution is -2.33. The Bertz CT molecular complexity index is 946. The lowest BCUT2D eigenvalue weighted by atomic mass is 9.85. The first-order chi connectivity index (χ1) is 14.7. The quantitative estimate of drug-likeness (QED) is 0.492. The van der Waals surface area contributed by atoms with Gasteiger partial charge < -0.3 is 10.6 Å². The molecular formula is C22H33N3O4S2. The van der Waals surface area contributed by atoms with Gasteiger partial charge in [0.1, 0.15) is 5.00 Å². The number of thiophene rings is 1. The molecule has 1 aromatic rings. The highest BCUT2D eigenvalue weighted by molar-refractivity contribution is 7.89. The molecule has 2 saturated carbocycles. The van der Waals surface area contributed by atoms with Crippen LogP contribution in [-0.4, -0.2) is 38.6 Å². The molecule has 3 N–H and O–H groups in total. The summed E-state index contributed by atoms with van der Waals surface area (Å²) in [5.41, 5.74) is 1.62. The Morgan fingerprint density at radius 2 is 1.84 bits per heavy atom. The number of rotatable bonds is 10. The van der Waals surface area contributed by atoms with Gasteiger partial charge in [0, 0.05) is 23.4 Å². The molecule has 7 nitrogen and oxygen atoms in total. The Balaban J connectivity index is 1.49. The van der Waals surface area contributed by atoms with Crippen LogP contribution in [0, 0.1) is 17.8 Å². The van der Waals surface area contributed by atoms with Crippen molar-refractivity contribution in [2.75, 3.05) is 17.6 Å². The van der Waals surface area contributed by atoms with E-state index in [2.05, 4.69) is 15.4 Å². The maximum atomic E-state index is 13.1. The van der Waals surface area contributed by atoms with E-state index in [9.17, 15) is 18.0 Å². The van der Waals surface area contributed by atoms with E-state index in [0.29, 0.717) is 35.9 Å². The number of sulfonamides is 1. The summed E-state index contributed by atoms with van der Waals surface area (Å²) in [6, 6.07) is -0.112. The average Bonchev–Trinajstić information content (AvgIpc) is 3.59. The van der Waals surface area contributed by atoms with Crippen LogP contribution in [0.4, 0.5) is 5.00 Å². The number of amides is 2. The molecule has 1 heterocycles. The summed E-state index contributed by atoms with van der Waals surface area (Å²) in [6.07, 6.45) is 7.15. The van der Waals surface area contributed by atoms with Crippen LogP contribution in [0.3, 0.4) is 0 Å². The van der Waals surface area contributed by atoms with Crippen molar-refractivity contribution in [1.29, 1.82) is 0 Å². The Labute approximate surface area is 188 Å². The normalized spacial score (nSPS) is 21.1. The number of carbonyl (C=O) groups excluding carboxylic acids is 2. The first-order valence-corrected chi connectivity index (χ1v) is 13.9. The number of carbonyl (C=O) groups is 2. The second-order valence-electron chi connectivity index (χ2n) is 9.61. The molecule has 3 aliphatic carbocycles. The number of anilines is 1. The zero-order valence-electron chi connectivity index (χ0n) is 18.3. The van der Waals surface area contributed by atoms with Crippen LogP contribution in [0.1, 0.15) is 73.2 Å². The summed E-state index contributed by atoms with van der Waals surface area (Å²) in [6.45, 7) is 4.32. The molecule has 1 unspecified atom stereocenters. The molecular weight excluding hydrogens is 434 g/mol. The largest absolute Gasteiger partial charge is 0.352 e. The van der Waals surface area contributed by atoms with Crippen molar-refractivity contribution in [2.24, 2.45) is 17.8 Å². The van der Waals surface area contributed by atoms with Crippen molar-refractivity contribution in [1.82, 2.24) is 10.0 Å². The van der Waals surface area contributed by atoms with E-state index in [0.717, 1.165) is 49.0 Å². The lowest BCUT2D eigenvalue weighted by molar-refractivity contribution is -0.117. The highest BCUT2D eigenvalue weighted by atomic mass is 32.2. The molecule has 1 aromatic heterocycles. The van der Waals surface area contributed by atoms with Crippen molar-refractivity contribution in [2.45, 2.75) is 71.3 Å². The molecule has 172 valence electrons. The molecule has 0 bridgehead atoms. The third kappa shape index (κ3) is 6.08. The van der Waals surface area contributed by atoms with Crippen molar-refractivity contribution < 1.29 is 18.0 Å². The van der Waals surface area contributed by atoms with Crippen LogP contribution in [0.15, 0.2) is 0 Å². The minimum Gasteiger partial charge on any atom is -0.352 e. The zero-order valence-corrected chi connectivity index (χ0v) is 20.0. The fourth-order valence-corrected chi connectivity index (χ4v) is 6.90. The van der Waals surface area contributed by atoms with Crippen LogP contribution in [0.2, 0.25) is 0 Å². The summed E-state index contributed by atoms with van der Waals surface area (Å²) >= 11 is 1.52. The number of fused-ring (bicyclic) bond motifs is 1. The lowest BCUT2D eigenvalue weighted by Gasteiger charge is -2.23. The van der Waals surface area contributed by atoms with Gasteiger partial charge in [0.15, 0.2) is 0 Å². The van der Waals surface area contributed by atoms with E-state index in [-0.39, 0.29) is 35.4 Å². The minimum atomic E-state index is -3.29. The Morgan fingerprint density at radius 3 is 2.48 bits per heavy atom. The van der Waals surface area contributed by atoms with Crippen molar-refractivity contribution in [3.05, 3.63) is 16.0 Å². The molecule has 31 heavy (non-hydrogen) atoms. The molecule has 9 heteroatoms. The molecule has 0 aliphatic heterocycles. The summed E-state index contributed by atoms with van der Waals surface area (Å²) < 4.78 is 27.1. The maximum absolute atomic E-state index is 13.1. The van der Waals surface area contributed by atoms with Gasteiger partial charge in [-0.05, 0) is 82.6 Å². The van der Waals surface area contributed by atoms with Gasteiger partial charge in [-0.25, -0.2) is 13.1 Å². The van der Waals surface area contributed by atoms with E-state index in [1.807, 2.05) is 13.8 Å². The molecule has 0 aromatic carbocycles. The van der Waals surface area contributed by atoms with Gasteiger partial charge in [0.05, 0.1) is 11.3 Å². The number of aryl methyl sites for hydroxylation is 1. The molecule has 0 saturated heterocycles. The third-order valence-corrected chi connectivity index (χ3v) is 9.04. The fourth-order valence-electron chi connectivity index (χ4n) is 4.18. The van der Waals surface area contributed by atoms with Crippen molar-refractivity contribution >= 4 is 38.2 Å². The second-order valence-corrected chi connectivity index (χ2v) is 12.6. The molecule has 0 radical (unpaired) electrons. The topological polar surface area (TPSA) is 104 Å². The van der Waals surface area contributed by atoms with E-state index >= 15 is 0 Å². The van der Waals surface area contributed by atoms with Crippen molar-refractivity contribution in [3.63, 3.8) is 0 Å². The standard InChI is InChI=1S/C22H33N3O4S2/c1-13(2)25-31(28,29)10-9-14-5-8-18-17(11-14)19(21(27)23-12-15-3-4-15)22(30-18)24-20(26)16-6-7-16/h13-16,25H,3-12H2,1-2H3,(H,23,27)(H,24,26). The van der Waals surface area contributed by atoms with Gasteiger partial charge in [-0.15, -0.1) is 11.3 Å². The van der Waals surface area contributed by atoms with Crippen LogP contribution in [0.25, 0.3) is 0 Å². The Hall–Kier alpha value is -1.45.